The molecular weight excluding hydrogens is 344 g/mol. The third-order valence-corrected chi connectivity index (χ3v) is 2.55. The zero-order valence-corrected chi connectivity index (χ0v) is 11.4. The number of methoxy groups -OCH3 is 1. The molecule has 1 aromatic rings. The molecule has 0 unspecified atom stereocenters. The maximum Gasteiger partial charge on any atom is 0.330 e. The van der Waals surface area contributed by atoms with Crippen molar-refractivity contribution in [2.75, 3.05) is 13.7 Å². The minimum absolute atomic E-state index is 0.272. The Balaban J connectivity index is 2.49. The van der Waals surface area contributed by atoms with Crippen LogP contribution >= 0.6 is 34.2 Å². The van der Waals surface area contributed by atoms with Crippen LogP contribution in [0.4, 0.5) is 0 Å². The van der Waals surface area contributed by atoms with Crippen molar-refractivity contribution in [3.8, 4) is 5.75 Å². The van der Waals surface area contributed by atoms with Crippen LogP contribution in [-0.2, 0) is 9.53 Å². The molecule has 0 aliphatic heterocycles. The van der Waals surface area contributed by atoms with Crippen LogP contribution in [-0.4, -0.2) is 24.7 Å². The third kappa shape index (κ3) is 4.36. The van der Waals surface area contributed by atoms with Gasteiger partial charge in [0.25, 0.3) is 0 Å². The second-order valence-corrected chi connectivity index (χ2v) is 4.07. The van der Waals surface area contributed by atoms with Crippen LogP contribution < -0.4 is 4.74 Å². The number of ether oxygens (including phenoxy) is 2. The van der Waals surface area contributed by atoms with Gasteiger partial charge in [0.05, 0.1) is 7.11 Å². The fourth-order valence-electron chi connectivity index (χ4n) is 0.857. The Morgan fingerprint density at radius 2 is 2.38 bits per heavy atom. The van der Waals surface area contributed by atoms with Crippen molar-refractivity contribution >= 4 is 40.2 Å². The van der Waals surface area contributed by atoms with Gasteiger partial charge in [-0.05, 0) is 40.8 Å². The van der Waals surface area contributed by atoms with Crippen LogP contribution in [0.3, 0.4) is 0 Å². The molecule has 0 bridgehead atoms. The highest BCUT2D eigenvalue weighted by atomic mass is 127. The zero-order valence-electron chi connectivity index (χ0n) is 8.44. The first-order valence-electron chi connectivity index (χ1n) is 4.33. The van der Waals surface area contributed by atoms with Crippen molar-refractivity contribution in [3.05, 3.63) is 33.1 Å². The molecule has 0 saturated heterocycles. The molecular formula is C10H9ClINO3. The Hall–Kier alpha value is -0.820. The van der Waals surface area contributed by atoms with E-state index in [4.69, 9.17) is 16.3 Å². The van der Waals surface area contributed by atoms with Gasteiger partial charge in [-0.2, -0.15) is 0 Å². The van der Waals surface area contributed by atoms with Crippen molar-refractivity contribution in [2.45, 2.75) is 0 Å². The molecule has 0 aliphatic carbocycles. The smallest absolute Gasteiger partial charge is 0.330 e. The Morgan fingerprint density at radius 1 is 1.62 bits per heavy atom. The van der Waals surface area contributed by atoms with E-state index in [9.17, 15) is 4.79 Å². The average molecular weight is 354 g/mol. The molecule has 16 heavy (non-hydrogen) atoms. The first-order valence-corrected chi connectivity index (χ1v) is 5.78. The molecule has 0 spiro atoms. The third-order valence-electron chi connectivity index (χ3n) is 1.57. The van der Waals surface area contributed by atoms with Crippen LogP contribution in [0.15, 0.2) is 24.3 Å². The Bertz CT molecular complexity index is 409. The lowest BCUT2D eigenvalue weighted by Crippen LogP contribution is -1.99. The number of carbonyl (C=O) groups excluding carboxylic acids is 1. The summed E-state index contributed by atoms with van der Waals surface area (Å²) in [7, 11) is 1.32. The number of hydrogen-bond acceptors (Lipinski definition) is 4. The summed E-state index contributed by atoms with van der Waals surface area (Å²) < 4.78 is 10.5. The molecule has 1 rings (SSSR count). The molecule has 0 N–H and O–H groups in total. The molecule has 6 heteroatoms. The van der Waals surface area contributed by atoms with Crippen LogP contribution in [0.25, 0.3) is 0 Å². The first kappa shape index (κ1) is 13.2. The van der Waals surface area contributed by atoms with Crippen LogP contribution in [0.1, 0.15) is 0 Å². The normalized spacial score (nSPS) is 10.4. The number of nitrogens with zero attached hydrogens (tertiary/aromatic N) is 1. The van der Waals surface area contributed by atoms with E-state index < -0.39 is 5.97 Å². The Labute approximate surface area is 112 Å². The van der Waals surface area contributed by atoms with Gasteiger partial charge in [-0.3, -0.25) is 0 Å². The minimum Gasteiger partial charge on any atom is -0.487 e. The minimum atomic E-state index is -0.410. The highest BCUT2D eigenvalue weighted by molar-refractivity contribution is 14.1. The number of carbonyl (C=O) groups is 1. The quantitative estimate of drug-likeness (QED) is 0.361. The number of hydrogen-bond donors (Lipinski definition) is 0. The molecule has 1 aromatic heterocycles. The van der Waals surface area contributed by atoms with E-state index in [0.29, 0.717) is 14.6 Å². The van der Waals surface area contributed by atoms with Crippen LogP contribution in [0.2, 0.25) is 5.15 Å². The highest BCUT2D eigenvalue weighted by Gasteiger charge is 2.01. The second-order valence-electron chi connectivity index (χ2n) is 2.66. The van der Waals surface area contributed by atoms with E-state index in [-0.39, 0.29) is 6.61 Å². The summed E-state index contributed by atoms with van der Waals surface area (Å²) in [6.07, 6.45) is 2.87. The maximum absolute atomic E-state index is 10.7. The molecule has 0 atom stereocenters. The molecule has 0 fully saturated rings. The van der Waals surface area contributed by atoms with Crippen molar-refractivity contribution in [2.24, 2.45) is 0 Å². The lowest BCUT2D eigenvalue weighted by atomic mass is 10.4. The van der Waals surface area contributed by atoms with Gasteiger partial charge in [-0.25, -0.2) is 9.78 Å². The lowest BCUT2D eigenvalue weighted by Gasteiger charge is -2.04. The first-order chi connectivity index (χ1) is 7.63. The van der Waals surface area contributed by atoms with Gasteiger partial charge >= 0.3 is 5.97 Å². The van der Waals surface area contributed by atoms with E-state index in [1.54, 1.807) is 18.2 Å². The van der Waals surface area contributed by atoms with E-state index in [0.717, 1.165) is 0 Å². The summed E-state index contributed by atoms with van der Waals surface area (Å²) >= 11 is 7.71. The maximum atomic E-state index is 10.7. The van der Waals surface area contributed by atoms with Gasteiger partial charge in [0, 0.05) is 6.08 Å². The van der Waals surface area contributed by atoms with Gasteiger partial charge in [0.1, 0.15) is 15.5 Å². The summed E-state index contributed by atoms with van der Waals surface area (Å²) in [4.78, 5) is 14.8. The van der Waals surface area contributed by atoms with Gasteiger partial charge in [-0.1, -0.05) is 11.6 Å². The molecule has 0 aromatic carbocycles. The van der Waals surface area contributed by atoms with E-state index >= 15 is 0 Å². The predicted octanol–water partition coefficient (Wildman–Crippen LogP) is 2.45. The highest BCUT2D eigenvalue weighted by Crippen LogP contribution is 2.20. The molecule has 0 amide bonds. The number of esters is 1. The van der Waals surface area contributed by atoms with Gasteiger partial charge < -0.3 is 9.47 Å². The van der Waals surface area contributed by atoms with Gasteiger partial charge in [0.15, 0.2) is 5.75 Å². The second kappa shape index (κ2) is 6.70. The molecule has 0 aliphatic rings. The molecule has 4 nitrogen and oxygen atoms in total. The number of aromatic nitrogens is 1. The molecule has 0 radical (unpaired) electrons. The van der Waals surface area contributed by atoms with Crippen LogP contribution in [0, 0.1) is 3.70 Å². The number of halogens is 2. The van der Waals surface area contributed by atoms with Crippen molar-refractivity contribution in [3.63, 3.8) is 0 Å². The summed E-state index contributed by atoms with van der Waals surface area (Å²) in [5.74, 6) is 0.215. The SMILES string of the molecule is COC(=O)/C=C/COc1ccc(Cl)nc1I. The fraction of sp³-hybridized carbons (Fsp3) is 0.200. The lowest BCUT2D eigenvalue weighted by molar-refractivity contribution is -0.134. The topological polar surface area (TPSA) is 48.4 Å². The number of pyridine rings is 1. The average Bonchev–Trinajstić information content (AvgIpc) is 2.26. The van der Waals surface area contributed by atoms with Crippen molar-refractivity contribution in [1.82, 2.24) is 4.98 Å². The van der Waals surface area contributed by atoms with E-state index in [1.807, 2.05) is 22.6 Å². The fourth-order valence-corrected chi connectivity index (χ4v) is 1.74. The van der Waals surface area contributed by atoms with Gasteiger partial charge in [0.2, 0.25) is 0 Å². The summed E-state index contributed by atoms with van der Waals surface area (Å²) in [6, 6.07) is 3.37. The monoisotopic (exact) mass is 353 g/mol. The van der Waals surface area contributed by atoms with E-state index in [2.05, 4.69) is 9.72 Å². The largest absolute Gasteiger partial charge is 0.487 e. The molecule has 1 heterocycles. The van der Waals surface area contributed by atoms with Crippen molar-refractivity contribution < 1.29 is 14.3 Å². The number of rotatable bonds is 4. The Morgan fingerprint density at radius 3 is 3.00 bits per heavy atom. The van der Waals surface area contributed by atoms with Gasteiger partial charge in [-0.15, -0.1) is 0 Å². The van der Waals surface area contributed by atoms with Crippen molar-refractivity contribution in [1.29, 1.82) is 0 Å². The zero-order chi connectivity index (χ0) is 12.0. The summed E-state index contributed by atoms with van der Waals surface area (Å²) in [5.41, 5.74) is 0. The predicted molar refractivity (Wildman–Crippen MR) is 68.6 cm³/mol. The molecule has 0 saturated carbocycles. The van der Waals surface area contributed by atoms with E-state index in [1.165, 1.54) is 13.2 Å². The molecule has 86 valence electrons. The standard InChI is InChI=1S/C10H9ClINO3/c1-15-9(14)3-2-6-16-7-4-5-8(11)13-10(7)12/h2-5H,6H2,1H3/b3-2+. The van der Waals surface area contributed by atoms with Crippen LogP contribution in [0.5, 0.6) is 5.75 Å². The summed E-state index contributed by atoms with van der Waals surface area (Å²) in [5, 5.41) is 0.418. The summed E-state index contributed by atoms with van der Waals surface area (Å²) in [6.45, 7) is 0.272. The Kier molecular flexibility index (Phi) is 5.54.